The molecule has 0 amide bonds. The molecule has 0 aliphatic carbocycles. The van der Waals surface area contributed by atoms with Crippen molar-refractivity contribution in [2.45, 2.75) is 38.9 Å². The third-order valence-corrected chi connectivity index (χ3v) is 4.66. The molecule has 4 nitrogen and oxygen atoms in total. The molecule has 21 heavy (non-hydrogen) atoms. The van der Waals surface area contributed by atoms with E-state index in [1.807, 2.05) is 52.0 Å². The van der Waals surface area contributed by atoms with Crippen LogP contribution in [0.3, 0.4) is 0 Å². The van der Waals surface area contributed by atoms with E-state index in [2.05, 4.69) is 4.98 Å². The molecule has 3 rings (SSSR count). The van der Waals surface area contributed by atoms with Crippen LogP contribution in [0.25, 0.3) is 0 Å². The zero-order chi connectivity index (χ0) is 15.1. The van der Waals surface area contributed by atoms with Crippen LogP contribution in [0.1, 0.15) is 27.7 Å². The lowest BCUT2D eigenvalue weighted by Gasteiger charge is -2.32. The first-order chi connectivity index (χ1) is 9.87. The molecule has 0 spiro atoms. The van der Waals surface area contributed by atoms with Crippen LogP contribution in [0.2, 0.25) is 0 Å². The molecule has 110 valence electrons. The van der Waals surface area contributed by atoms with Crippen molar-refractivity contribution < 1.29 is 14.0 Å². The molecule has 0 atom stereocenters. The molecular weight excluding hydrogens is 285 g/mol. The van der Waals surface area contributed by atoms with Crippen molar-refractivity contribution in [3.05, 3.63) is 36.0 Å². The average molecular weight is 303 g/mol. The number of thiazole rings is 1. The predicted molar refractivity (Wildman–Crippen MR) is 84.3 cm³/mol. The summed E-state index contributed by atoms with van der Waals surface area (Å²) in [6.07, 6.45) is 1.70. The Morgan fingerprint density at radius 1 is 1.14 bits per heavy atom. The SMILES string of the molecule is CC1(C)OB(c2cccc(Oc3cncs3)c2)OC1(C)C. The summed E-state index contributed by atoms with van der Waals surface area (Å²) in [5.74, 6) is 0.756. The number of ether oxygens (including phenoxy) is 1. The highest BCUT2D eigenvalue weighted by Gasteiger charge is 2.51. The molecule has 1 aromatic heterocycles. The second-order valence-electron chi connectivity index (χ2n) is 6.08. The van der Waals surface area contributed by atoms with E-state index >= 15 is 0 Å². The van der Waals surface area contributed by atoms with Crippen molar-refractivity contribution in [1.29, 1.82) is 0 Å². The van der Waals surface area contributed by atoms with E-state index in [4.69, 9.17) is 14.0 Å². The van der Waals surface area contributed by atoms with Gasteiger partial charge in [0.2, 0.25) is 5.06 Å². The van der Waals surface area contributed by atoms with E-state index in [1.165, 1.54) is 11.3 Å². The zero-order valence-corrected chi connectivity index (χ0v) is 13.4. The van der Waals surface area contributed by atoms with E-state index < -0.39 is 0 Å². The first-order valence-electron chi connectivity index (χ1n) is 6.89. The van der Waals surface area contributed by atoms with Crippen LogP contribution in [-0.2, 0) is 9.31 Å². The topological polar surface area (TPSA) is 40.6 Å². The minimum absolute atomic E-state index is 0.341. The first-order valence-corrected chi connectivity index (χ1v) is 7.77. The van der Waals surface area contributed by atoms with Gasteiger partial charge in [0.05, 0.1) is 22.9 Å². The molecular formula is C15H18BNO3S. The lowest BCUT2D eigenvalue weighted by atomic mass is 9.79. The number of hydrogen-bond acceptors (Lipinski definition) is 5. The largest absolute Gasteiger partial charge is 0.494 e. The van der Waals surface area contributed by atoms with Gasteiger partial charge in [-0.05, 0) is 45.3 Å². The highest BCUT2D eigenvalue weighted by Crippen LogP contribution is 2.36. The molecule has 2 aromatic rings. The number of hydrogen-bond donors (Lipinski definition) is 0. The van der Waals surface area contributed by atoms with Gasteiger partial charge in [0.1, 0.15) is 5.75 Å². The average Bonchev–Trinajstić information content (AvgIpc) is 2.97. The van der Waals surface area contributed by atoms with Gasteiger partial charge in [0.15, 0.2) is 0 Å². The summed E-state index contributed by atoms with van der Waals surface area (Å²) >= 11 is 1.46. The quantitative estimate of drug-likeness (QED) is 0.816. The van der Waals surface area contributed by atoms with Gasteiger partial charge in [-0.2, -0.15) is 0 Å². The summed E-state index contributed by atoms with van der Waals surface area (Å²) in [5.41, 5.74) is 2.02. The van der Waals surface area contributed by atoms with Gasteiger partial charge < -0.3 is 14.0 Å². The number of rotatable bonds is 3. The van der Waals surface area contributed by atoms with Crippen molar-refractivity contribution >= 4 is 23.9 Å². The minimum atomic E-state index is -0.375. The van der Waals surface area contributed by atoms with Gasteiger partial charge >= 0.3 is 7.12 Å². The van der Waals surface area contributed by atoms with Crippen molar-refractivity contribution in [3.8, 4) is 10.8 Å². The molecule has 1 saturated heterocycles. The molecule has 0 radical (unpaired) electrons. The predicted octanol–water partition coefficient (Wildman–Crippen LogP) is 3.23. The third kappa shape index (κ3) is 2.84. The van der Waals surface area contributed by atoms with Crippen LogP contribution in [0.15, 0.2) is 36.0 Å². The number of nitrogens with zero attached hydrogens (tertiary/aromatic N) is 1. The summed E-state index contributed by atoms with van der Waals surface area (Å²) in [4.78, 5) is 4.00. The van der Waals surface area contributed by atoms with Crippen LogP contribution < -0.4 is 10.2 Å². The molecule has 0 N–H and O–H groups in total. The van der Waals surface area contributed by atoms with Gasteiger partial charge in [-0.25, -0.2) is 4.98 Å². The molecule has 1 fully saturated rings. The lowest BCUT2D eigenvalue weighted by molar-refractivity contribution is 0.00578. The third-order valence-electron chi connectivity index (χ3n) is 4.01. The van der Waals surface area contributed by atoms with Gasteiger partial charge in [-0.1, -0.05) is 23.5 Å². The second kappa shape index (κ2) is 5.12. The lowest BCUT2D eigenvalue weighted by Crippen LogP contribution is -2.41. The van der Waals surface area contributed by atoms with E-state index in [0.717, 1.165) is 16.3 Å². The Balaban J connectivity index is 1.81. The smallest absolute Gasteiger partial charge is 0.445 e. The zero-order valence-electron chi connectivity index (χ0n) is 12.6. The monoisotopic (exact) mass is 303 g/mol. The van der Waals surface area contributed by atoms with E-state index in [0.29, 0.717) is 0 Å². The van der Waals surface area contributed by atoms with Crippen LogP contribution in [-0.4, -0.2) is 23.3 Å². The molecule has 0 unspecified atom stereocenters. The Hall–Kier alpha value is -1.37. The van der Waals surface area contributed by atoms with Crippen LogP contribution in [0.4, 0.5) is 0 Å². The molecule has 0 saturated carbocycles. The molecule has 6 heteroatoms. The summed E-state index contributed by atoms with van der Waals surface area (Å²) in [7, 11) is -0.375. The summed E-state index contributed by atoms with van der Waals surface area (Å²) in [6, 6.07) is 7.79. The maximum absolute atomic E-state index is 6.05. The maximum Gasteiger partial charge on any atom is 0.494 e. The Morgan fingerprint density at radius 2 is 1.86 bits per heavy atom. The Kier molecular flexibility index (Phi) is 3.55. The fraction of sp³-hybridized carbons (Fsp3) is 0.400. The first kappa shape index (κ1) is 14.6. The van der Waals surface area contributed by atoms with E-state index in [-0.39, 0.29) is 18.3 Å². The molecule has 1 aliphatic rings. The number of aromatic nitrogens is 1. The van der Waals surface area contributed by atoms with Crippen LogP contribution in [0.5, 0.6) is 10.8 Å². The summed E-state index contributed by atoms with van der Waals surface area (Å²) < 4.78 is 17.9. The van der Waals surface area contributed by atoms with Crippen molar-refractivity contribution in [1.82, 2.24) is 4.98 Å². The van der Waals surface area contributed by atoms with Gasteiger partial charge in [-0.3, -0.25) is 0 Å². The standard InChI is InChI=1S/C15H18BNO3S/c1-14(2)15(3,4)20-16(19-14)11-6-5-7-12(8-11)18-13-9-17-10-21-13/h5-10H,1-4H3. The van der Waals surface area contributed by atoms with E-state index in [9.17, 15) is 0 Å². The Morgan fingerprint density at radius 3 is 2.48 bits per heavy atom. The molecule has 2 heterocycles. The summed E-state index contributed by atoms with van der Waals surface area (Å²) in [5, 5.41) is 0.765. The summed E-state index contributed by atoms with van der Waals surface area (Å²) in [6.45, 7) is 8.19. The highest BCUT2D eigenvalue weighted by molar-refractivity contribution is 7.11. The highest BCUT2D eigenvalue weighted by atomic mass is 32.1. The molecule has 0 bridgehead atoms. The molecule has 1 aliphatic heterocycles. The normalized spacial score (nSPS) is 19.7. The van der Waals surface area contributed by atoms with Crippen LogP contribution >= 0.6 is 11.3 Å². The minimum Gasteiger partial charge on any atom is -0.445 e. The van der Waals surface area contributed by atoms with Crippen LogP contribution in [0, 0.1) is 0 Å². The Bertz CT molecular complexity index is 612. The fourth-order valence-corrected chi connectivity index (χ4v) is 2.57. The maximum atomic E-state index is 6.05. The van der Waals surface area contributed by atoms with Crippen molar-refractivity contribution in [3.63, 3.8) is 0 Å². The van der Waals surface area contributed by atoms with E-state index in [1.54, 1.807) is 11.7 Å². The van der Waals surface area contributed by atoms with Gasteiger partial charge in [0.25, 0.3) is 0 Å². The fourth-order valence-electron chi connectivity index (χ4n) is 2.07. The van der Waals surface area contributed by atoms with Crippen molar-refractivity contribution in [2.24, 2.45) is 0 Å². The van der Waals surface area contributed by atoms with Crippen molar-refractivity contribution in [2.75, 3.05) is 0 Å². The van der Waals surface area contributed by atoms with Gasteiger partial charge in [0, 0.05) is 0 Å². The Labute approximate surface area is 129 Å². The molecule has 1 aromatic carbocycles. The van der Waals surface area contributed by atoms with Gasteiger partial charge in [-0.15, -0.1) is 0 Å². The second-order valence-corrected chi connectivity index (χ2v) is 6.93. The number of benzene rings is 1.